The molecule has 1 aromatic carbocycles. The van der Waals surface area contributed by atoms with E-state index in [4.69, 9.17) is 5.73 Å². The average Bonchev–Trinajstić information content (AvgIpc) is 3.10. The van der Waals surface area contributed by atoms with Gasteiger partial charge < -0.3 is 16.0 Å². The Balaban J connectivity index is 0.00000208. The third-order valence-electron chi connectivity index (χ3n) is 5.00. The minimum Gasteiger partial charge on any atom is -0.352 e. The number of nitrogens with two attached hydrogens (primary N) is 1. The molecule has 2 aliphatic rings. The number of hydrogen-bond donors (Lipinski definition) is 2. The SMILES string of the molecule is Cl.NC1CCC2CN(C(=O)CCNC(=O)c3ccc(Br)cc3)CC12. The monoisotopic (exact) mass is 415 g/mol. The van der Waals surface area contributed by atoms with E-state index in [0.29, 0.717) is 30.4 Å². The van der Waals surface area contributed by atoms with Gasteiger partial charge >= 0.3 is 0 Å². The van der Waals surface area contributed by atoms with Gasteiger partial charge in [-0.05, 0) is 48.9 Å². The lowest BCUT2D eigenvalue weighted by molar-refractivity contribution is -0.130. The minimum absolute atomic E-state index is 0. The minimum atomic E-state index is -0.148. The van der Waals surface area contributed by atoms with E-state index < -0.39 is 0 Å². The number of rotatable bonds is 4. The normalized spacial score (nSPS) is 25.1. The summed E-state index contributed by atoms with van der Waals surface area (Å²) >= 11 is 3.34. The van der Waals surface area contributed by atoms with E-state index in [1.807, 2.05) is 17.0 Å². The molecule has 0 aromatic heterocycles. The van der Waals surface area contributed by atoms with Crippen LogP contribution < -0.4 is 11.1 Å². The Hall–Kier alpha value is -1.11. The molecule has 1 saturated carbocycles. The molecule has 1 aliphatic carbocycles. The molecule has 0 spiro atoms. The van der Waals surface area contributed by atoms with Gasteiger partial charge in [-0.25, -0.2) is 0 Å². The maximum absolute atomic E-state index is 12.3. The van der Waals surface area contributed by atoms with Gasteiger partial charge in [-0.3, -0.25) is 9.59 Å². The molecule has 1 aliphatic heterocycles. The number of halogens is 2. The van der Waals surface area contributed by atoms with Gasteiger partial charge in [-0.1, -0.05) is 15.9 Å². The Kier molecular flexibility index (Phi) is 6.66. The van der Waals surface area contributed by atoms with Gasteiger partial charge in [0.25, 0.3) is 5.91 Å². The number of hydrogen-bond acceptors (Lipinski definition) is 3. The van der Waals surface area contributed by atoms with Crippen LogP contribution in [0, 0.1) is 11.8 Å². The van der Waals surface area contributed by atoms with E-state index in [0.717, 1.165) is 30.4 Å². The quantitative estimate of drug-likeness (QED) is 0.790. The molecule has 3 unspecified atom stereocenters. The third-order valence-corrected chi connectivity index (χ3v) is 5.52. The Bertz CT molecular complexity index is 596. The molecule has 0 bridgehead atoms. The second-order valence-electron chi connectivity index (χ2n) is 6.48. The first-order valence-electron chi connectivity index (χ1n) is 8.11. The molecule has 5 nitrogen and oxygen atoms in total. The summed E-state index contributed by atoms with van der Waals surface area (Å²) in [4.78, 5) is 26.2. The van der Waals surface area contributed by atoms with Crippen molar-refractivity contribution >= 4 is 40.2 Å². The van der Waals surface area contributed by atoms with Crippen molar-refractivity contribution in [2.75, 3.05) is 19.6 Å². The fraction of sp³-hybridized carbons (Fsp3) is 0.529. The predicted octanol–water partition coefficient (Wildman–Crippen LogP) is 2.19. The number of carbonyl (C=O) groups excluding carboxylic acids is 2. The van der Waals surface area contributed by atoms with Crippen LogP contribution in [-0.4, -0.2) is 42.4 Å². The fourth-order valence-electron chi connectivity index (χ4n) is 3.66. The van der Waals surface area contributed by atoms with Crippen LogP contribution in [0.25, 0.3) is 0 Å². The molecule has 1 aromatic rings. The van der Waals surface area contributed by atoms with Crippen molar-refractivity contribution in [1.29, 1.82) is 0 Å². The van der Waals surface area contributed by atoms with Crippen molar-refractivity contribution < 1.29 is 9.59 Å². The summed E-state index contributed by atoms with van der Waals surface area (Å²) in [6.45, 7) is 1.98. The molecule has 3 N–H and O–H groups in total. The highest BCUT2D eigenvalue weighted by Gasteiger charge is 2.42. The third kappa shape index (κ3) is 4.29. The maximum Gasteiger partial charge on any atom is 0.251 e. The fourth-order valence-corrected chi connectivity index (χ4v) is 3.92. The number of nitrogens with zero attached hydrogens (tertiary/aromatic N) is 1. The molecule has 2 amide bonds. The van der Waals surface area contributed by atoms with E-state index in [-0.39, 0.29) is 30.3 Å². The standard InChI is InChI=1S/C17H22BrN3O2.ClH/c18-13-4-1-11(2-5-13)17(23)20-8-7-16(22)21-9-12-3-6-15(19)14(12)10-21;/h1-2,4-5,12,14-15H,3,6-10,19H2,(H,20,23);1H. The van der Waals surface area contributed by atoms with Gasteiger partial charge in [0.05, 0.1) is 0 Å². The molecular weight excluding hydrogens is 394 g/mol. The smallest absolute Gasteiger partial charge is 0.251 e. The van der Waals surface area contributed by atoms with Gasteiger partial charge in [0.15, 0.2) is 0 Å². The number of amides is 2. The number of carbonyl (C=O) groups is 2. The summed E-state index contributed by atoms with van der Waals surface area (Å²) in [5, 5.41) is 2.81. The molecule has 24 heavy (non-hydrogen) atoms. The van der Waals surface area contributed by atoms with Gasteiger partial charge in [0.1, 0.15) is 0 Å². The average molecular weight is 417 g/mol. The van der Waals surface area contributed by atoms with Crippen molar-refractivity contribution in [3.63, 3.8) is 0 Å². The molecule has 1 heterocycles. The summed E-state index contributed by atoms with van der Waals surface area (Å²) in [6.07, 6.45) is 2.56. The highest BCUT2D eigenvalue weighted by molar-refractivity contribution is 9.10. The van der Waals surface area contributed by atoms with Gasteiger partial charge in [0, 0.05) is 42.1 Å². The Morgan fingerprint density at radius 3 is 2.58 bits per heavy atom. The van der Waals surface area contributed by atoms with Gasteiger partial charge in [-0.15, -0.1) is 12.4 Å². The van der Waals surface area contributed by atoms with Gasteiger partial charge in [0.2, 0.25) is 5.91 Å². The van der Waals surface area contributed by atoms with E-state index in [1.54, 1.807) is 12.1 Å². The molecule has 3 atom stereocenters. The second kappa shape index (κ2) is 8.32. The van der Waals surface area contributed by atoms with Crippen molar-refractivity contribution in [3.8, 4) is 0 Å². The second-order valence-corrected chi connectivity index (χ2v) is 7.39. The lowest BCUT2D eigenvalue weighted by Crippen LogP contribution is -2.35. The number of benzene rings is 1. The molecule has 2 fully saturated rings. The van der Waals surface area contributed by atoms with Crippen LogP contribution in [0.5, 0.6) is 0 Å². The topological polar surface area (TPSA) is 75.4 Å². The zero-order valence-electron chi connectivity index (χ0n) is 13.4. The van der Waals surface area contributed by atoms with Crippen LogP contribution in [0.15, 0.2) is 28.7 Å². The van der Waals surface area contributed by atoms with E-state index in [2.05, 4.69) is 21.2 Å². The highest BCUT2D eigenvalue weighted by Crippen LogP contribution is 2.37. The van der Waals surface area contributed by atoms with Crippen molar-refractivity contribution in [2.45, 2.75) is 25.3 Å². The van der Waals surface area contributed by atoms with Crippen LogP contribution in [0.2, 0.25) is 0 Å². The first-order chi connectivity index (χ1) is 11.0. The zero-order chi connectivity index (χ0) is 16.4. The van der Waals surface area contributed by atoms with Crippen LogP contribution in [-0.2, 0) is 4.79 Å². The van der Waals surface area contributed by atoms with Crippen LogP contribution in [0.3, 0.4) is 0 Å². The number of fused-ring (bicyclic) bond motifs is 1. The van der Waals surface area contributed by atoms with Crippen LogP contribution in [0.1, 0.15) is 29.6 Å². The summed E-state index contributed by atoms with van der Waals surface area (Å²) < 4.78 is 0.932. The first kappa shape index (κ1) is 19.2. The van der Waals surface area contributed by atoms with E-state index in [9.17, 15) is 9.59 Å². The molecular formula is C17H23BrClN3O2. The van der Waals surface area contributed by atoms with Crippen LogP contribution >= 0.6 is 28.3 Å². The summed E-state index contributed by atoms with van der Waals surface area (Å²) in [6, 6.07) is 7.41. The maximum atomic E-state index is 12.3. The zero-order valence-corrected chi connectivity index (χ0v) is 15.8. The van der Waals surface area contributed by atoms with Crippen LogP contribution in [0.4, 0.5) is 0 Å². The predicted molar refractivity (Wildman–Crippen MR) is 99.1 cm³/mol. The molecule has 7 heteroatoms. The lowest BCUT2D eigenvalue weighted by atomic mass is 9.98. The van der Waals surface area contributed by atoms with E-state index in [1.165, 1.54) is 0 Å². The Labute approximate surface area is 156 Å². The number of nitrogens with one attached hydrogen (secondary N) is 1. The van der Waals surface area contributed by atoms with Crippen molar-refractivity contribution in [1.82, 2.24) is 10.2 Å². The number of likely N-dealkylation sites (tertiary alicyclic amines) is 1. The summed E-state index contributed by atoms with van der Waals surface area (Å²) in [5.41, 5.74) is 6.70. The molecule has 3 rings (SSSR count). The molecule has 132 valence electrons. The first-order valence-corrected chi connectivity index (χ1v) is 8.91. The summed E-state index contributed by atoms with van der Waals surface area (Å²) in [5.74, 6) is 1.01. The molecule has 1 saturated heterocycles. The highest BCUT2D eigenvalue weighted by atomic mass is 79.9. The van der Waals surface area contributed by atoms with Gasteiger partial charge in [-0.2, -0.15) is 0 Å². The lowest BCUT2D eigenvalue weighted by Gasteiger charge is -2.18. The largest absolute Gasteiger partial charge is 0.352 e. The Morgan fingerprint density at radius 1 is 1.21 bits per heavy atom. The van der Waals surface area contributed by atoms with Crippen molar-refractivity contribution in [3.05, 3.63) is 34.3 Å². The Morgan fingerprint density at radius 2 is 1.92 bits per heavy atom. The van der Waals surface area contributed by atoms with E-state index >= 15 is 0 Å². The summed E-state index contributed by atoms with van der Waals surface area (Å²) in [7, 11) is 0. The van der Waals surface area contributed by atoms with Crippen molar-refractivity contribution in [2.24, 2.45) is 17.6 Å². The molecule has 0 radical (unpaired) electrons.